The van der Waals surface area contributed by atoms with Crippen molar-refractivity contribution in [3.05, 3.63) is 85.7 Å². The molecule has 0 unspecified atom stereocenters. The van der Waals surface area contributed by atoms with Crippen LogP contribution in [0.15, 0.2) is 68.9 Å². The Bertz CT molecular complexity index is 1370. The van der Waals surface area contributed by atoms with Crippen molar-refractivity contribution >= 4 is 32.9 Å². The van der Waals surface area contributed by atoms with Gasteiger partial charge in [0, 0.05) is 19.7 Å². The first-order valence-corrected chi connectivity index (χ1v) is 9.84. The summed E-state index contributed by atoms with van der Waals surface area (Å²) >= 11 is 3.29. The van der Waals surface area contributed by atoms with Gasteiger partial charge in [0.15, 0.2) is 21.7 Å². The van der Waals surface area contributed by atoms with Crippen LogP contribution in [0.2, 0.25) is 0 Å². The minimum atomic E-state index is -0.512. The van der Waals surface area contributed by atoms with E-state index in [0.29, 0.717) is 21.8 Å². The molecule has 2 heterocycles. The quantitative estimate of drug-likeness (QED) is 0.332. The number of rotatable bonds is 5. The number of para-hydroxylation sites is 1. The Morgan fingerprint density at radius 2 is 1.60 bits per heavy atom. The third-order valence-electron chi connectivity index (χ3n) is 4.75. The number of ether oxygens (including phenoxy) is 1. The average molecular weight is 469 g/mol. The van der Waals surface area contributed by atoms with Crippen molar-refractivity contribution in [3.63, 3.8) is 0 Å². The number of halogens is 1. The molecule has 152 valence electrons. The van der Waals surface area contributed by atoms with Gasteiger partial charge in [-0.1, -0.05) is 18.2 Å². The van der Waals surface area contributed by atoms with E-state index in [1.165, 1.54) is 23.2 Å². The fourth-order valence-corrected chi connectivity index (χ4v) is 3.64. The van der Waals surface area contributed by atoms with Crippen LogP contribution in [-0.4, -0.2) is 24.5 Å². The molecular weight excluding hydrogens is 452 g/mol. The first-order valence-electron chi connectivity index (χ1n) is 9.04. The van der Waals surface area contributed by atoms with E-state index in [1.54, 1.807) is 24.3 Å². The maximum atomic E-state index is 12.8. The highest BCUT2D eigenvalue weighted by molar-refractivity contribution is 9.10. The summed E-state index contributed by atoms with van der Waals surface area (Å²) in [6.45, 7) is -0.0869. The van der Waals surface area contributed by atoms with E-state index in [-0.39, 0.29) is 23.5 Å². The highest BCUT2D eigenvalue weighted by Crippen LogP contribution is 2.22. The number of nitrogens with zero attached hydrogens (tertiary/aromatic N) is 4. The van der Waals surface area contributed by atoms with Crippen molar-refractivity contribution in [2.45, 2.75) is 6.54 Å². The maximum Gasteiger partial charge on any atom is 0.332 e. The Kier molecular flexibility index (Phi) is 5.13. The molecule has 0 fully saturated rings. The summed E-state index contributed by atoms with van der Waals surface area (Å²) in [6.07, 6.45) is 0. The van der Waals surface area contributed by atoms with E-state index in [9.17, 15) is 14.4 Å². The highest BCUT2D eigenvalue weighted by atomic mass is 79.9. The van der Waals surface area contributed by atoms with Gasteiger partial charge in [-0.25, -0.2) is 9.78 Å². The second-order valence-electron chi connectivity index (χ2n) is 6.71. The monoisotopic (exact) mass is 468 g/mol. The Labute approximate surface area is 179 Å². The molecule has 0 radical (unpaired) electrons. The fourth-order valence-electron chi connectivity index (χ4n) is 3.17. The lowest BCUT2D eigenvalue weighted by molar-refractivity contribution is 0.0972. The predicted molar refractivity (Wildman–Crippen MR) is 115 cm³/mol. The normalized spacial score (nSPS) is 11.0. The molecule has 9 heteroatoms. The van der Waals surface area contributed by atoms with Gasteiger partial charge in [0.25, 0.3) is 5.56 Å². The van der Waals surface area contributed by atoms with Crippen LogP contribution in [0.3, 0.4) is 0 Å². The number of aryl methyl sites for hydroxylation is 1. The fraction of sp³-hybridized carbons (Fsp3) is 0.143. The van der Waals surface area contributed by atoms with Crippen LogP contribution in [0.25, 0.3) is 11.2 Å². The molecule has 30 heavy (non-hydrogen) atoms. The smallest absolute Gasteiger partial charge is 0.332 e. The Balaban J connectivity index is 1.63. The van der Waals surface area contributed by atoms with Crippen LogP contribution < -0.4 is 16.0 Å². The van der Waals surface area contributed by atoms with Gasteiger partial charge in [0.2, 0.25) is 0 Å². The van der Waals surface area contributed by atoms with E-state index in [2.05, 4.69) is 20.9 Å². The zero-order chi connectivity index (χ0) is 21.4. The number of fused-ring (bicyclic) bond motifs is 1. The maximum absolute atomic E-state index is 12.8. The van der Waals surface area contributed by atoms with Gasteiger partial charge in [-0.2, -0.15) is 0 Å². The number of imidazole rings is 1. The molecule has 8 nitrogen and oxygen atoms in total. The standard InChI is InChI=1S/C21H17BrN4O4/c1-24-18-17(19(28)25(2)21(24)29)23-20(22)26(18)12-16(27)13-8-10-15(11-9-13)30-14-6-4-3-5-7-14/h3-11H,12H2,1-2H3. The Morgan fingerprint density at radius 3 is 2.27 bits per heavy atom. The zero-order valence-electron chi connectivity index (χ0n) is 16.2. The highest BCUT2D eigenvalue weighted by Gasteiger charge is 2.20. The summed E-state index contributed by atoms with van der Waals surface area (Å²) in [5.41, 5.74) is -0.130. The molecule has 0 saturated heterocycles. The van der Waals surface area contributed by atoms with E-state index < -0.39 is 11.2 Å². The molecule has 0 bridgehead atoms. The number of ketones is 1. The molecule has 4 rings (SSSR count). The van der Waals surface area contributed by atoms with Crippen LogP contribution in [0.4, 0.5) is 0 Å². The molecule has 0 aliphatic carbocycles. The Hall–Kier alpha value is -3.46. The van der Waals surface area contributed by atoms with E-state index in [4.69, 9.17) is 4.74 Å². The van der Waals surface area contributed by atoms with Crippen LogP contribution in [0.5, 0.6) is 11.5 Å². The van der Waals surface area contributed by atoms with Crippen molar-refractivity contribution < 1.29 is 9.53 Å². The van der Waals surface area contributed by atoms with E-state index in [0.717, 1.165) is 4.57 Å². The summed E-state index contributed by atoms with van der Waals surface area (Å²) in [4.78, 5) is 41.7. The third-order valence-corrected chi connectivity index (χ3v) is 5.36. The molecule has 0 N–H and O–H groups in total. The number of hydrogen-bond donors (Lipinski definition) is 0. The molecule has 0 amide bonds. The second-order valence-corrected chi connectivity index (χ2v) is 7.42. The zero-order valence-corrected chi connectivity index (χ0v) is 17.8. The lowest BCUT2D eigenvalue weighted by Crippen LogP contribution is -2.37. The number of aromatic nitrogens is 4. The van der Waals surface area contributed by atoms with Gasteiger partial charge < -0.3 is 4.74 Å². The number of carbonyl (C=O) groups is 1. The SMILES string of the molecule is Cn1c(=O)c2nc(Br)n(CC(=O)c3ccc(Oc4ccccc4)cc3)c2n(C)c1=O. The number of hydrogen-bond acceptors (Lipinski definition) is 5. The minimum absolute atomic E-state index is 0.0869. The van der Waals surface area contributed by atoms with Crippen molar-refractivity contribution in [1.29, 1.82) is 0 Å². The van der Waals surface area contributed by atoms with Crippen molar-refractivity contribution in [1.82, 2.24) is 18.7 Å². The van der Waals surface area contributed by atoms with E-state index >= 15 is 0 Å². The molecule has 2 aromatic heterocycles. The molecule has 0 aliphatic rings. The number of carbonyl (C=O) groups excluding carboxylic acids is 1. The molecular formula is C21H17BrN4O4. The first kappa shape index (κ1) is 19.8. The van der Waals surface area contributed by atoms with Crippen LogP contribution in [-0.2, 0) is 20.6 Å². The van der Waals surface area contributed by atoms with Crippen LogP contribution in [0, 0.1) is 0 Å². The van der Waals surface area contributed by atoms with Gasteiger partial charge in [-0.3, -0.25) is 23.3 Å². The topological polar surface area (TPSA) is 88.1 Å². The van der Waals surface area contributed by atoms with Gasteiger partial charge in [0.05, 0.1) is 6.54 Å². The summed E-state index contributed by atoms with van der Waals surface area (Å²) in [5, 5.41) is 0. The largest absolute Gasteiger partial charge is 0.457 e. The summed E-state index contributed by atoms with van der Waals surface area (Å²) < 4.78 is 9.84. The summed E-state index contributed by atoms with van der Waals surface area (Å²) in [7, 11) is 2.93. The molecule has 4 aromatic rings. The van der Waals surface area contributed by atoms with Gasteiger partial charge >= 0.3 is 5.69 Å². The number of benzene rings is 2. The third kappa shape index (κ3) is 3.48. The summed E-state index contributed by atoms with van der Waals surface area (Å²) in [6, 6.07) is 16.1. The lowest BCUT2D eigenvalue weighted by Gasteiger charge is -2.10. The van der Waals surface area contributed by atoms with Crippen molar-refractivity contribution in [2.75, 3.05) is 0 Å². The van der Waals surface area contributed by atoms with E-state index in [1.807, 2.05) is 30.3 Å². The Morgan fingerprint density at radius 1 is 0.967 bits per heavy atom. The molecule has 0 atom stereocenters. The minimum Gasteiger partial charge on any atom is -0.457 e. The summed E-state index contributed by atoms with van der Waals surface area (Å²) in [5.74, 6) is 1.11. The van der Waals surface area contributed by atoms with Gasteiger partial charge in [-0.15, -0.1) is 0 Å². The second kappa shape index (κ2) is 7.75. The molecule has 0 spiro atoms. The molecule has 2 aromatic carbocycles. The van der Waals surface area contributed by atoms with Gasteiger partial charge in [0.1, 0.15) is 11.5 Å². The van der Waals surface area contributed by atoms with Gasteiger partial charge in [-0.05, 0) is 52.3 Å². The number of Topliss-reactive ketones (excluding diaryl/α,β-unsaturated/α-hetero) is 1. The molecule has 0 aliphatic heterocycles. The average Bonchev–Trinajstić information content (AvgIpc) is 3.08. The van der Waals surface area contributed by atoms with Crippen molar-refractivity contribution in [2.24, 2.45) is 14.1 Å². The van der Waals surface area contributed by atoms with Crippen molar-refractivity contribution in [3.8, 4) is 11.5 Å². The first-order chi connectivity index (χ1) is 14.4. The van der Waals surface area contributed by atoms with Crippen LogP contribution >= 0.6 is 15.9 Å². The predicted octanol–water partition coefficient (Wildman–Crippen LogP) is 2.87. The van der Waals surface area contributed by atoms with Crippen LogP contribution in [0.1, 0.15) is 10.4 Å². The molecule has 0 saturated carbocycles. The lowest BCUT2D eigenvalue weighted by atomic mass is 10.1.